The first-order valence-electron chi connectivity index (χ1n) is 26.5. The fourth-order valence-electron chi connectivity index (χ4n) is 10.5. The van der Waals surface area contributed by atoms with Gasteiger partial charge in [0.05, 0.1) is 28.4 Å². The normalized spacial score (nSPS) is 11.9. The van der Waals surface area contributed by atoms with Crippen LogP contribution in [0.5, 0.6) is 23.0 Å². The number of hydrogen-bond acceptors (Lipinski definition) is 7. The van der Waals surface area contributed by atoms with Gasteiger partial charge in [0.1, 0.15) is 23.0 Å². The van der Waals surface area contributed by atoms with Crippen molar-refractivity contribution in [3.8, 4) is 23.0 Å². The summed E-state index contributed by atoms with van der Waals surface area (Å²) in [5.74, 6) is 2.57. The fourth-order valence-corrected chi connectivity index (χ4v) is 10.5. The van der Waals surface area contributed by atoms with Crippen LogP contribution < -0.4 is 34.0 Å². The second kappa shape index (κ2) is 21.8. The van der Waals surface area contributed by atoms with Gasteiger partial charge in [-0.25, -0.2) is 0 Å². The molecule has 0 aliphatic carbocycles. The first kappa shape index (κ1) is 47.9. The number of benzene rings is 12. The summed E-state index contributed by atoms with van der Waals surface area (Å²) in [6, 6.07) is 112. The van der Waals surface area contributed by atoms with Crippen molar-refractivity contribution in [2.75, 3.05) is 24.5 Å². The second-order valence-corrected chi connectivity index (χ2v) is 19.1. The molecule has 0 radical (unpaired) electrons. The summed E-state index contributed by atoms with van der Waals surface area (Å²) >= 11 is 0. The molecule has 12 aromatic rings. The summed E-state index contributed by atoms with van der Waals surface area (Å²) < 4.78 is 13.8. The van der Waals surface area contributed by atoms with Crippen molar-refractivity contribution in [2.45, 2.75) is 0 Å². The zero-order valence-electron chi connectivity index (χ0n) is 43.2. The smallest absolute Gasteiger partial charge is 0.131 e. The molecular formula is C72H53N5O2. The standard InChI is InChI=1S/C72H53N5O2/c1-8-25-54(26-9-1)73(55-27-10-2-11-28-55)64-46-65-48-66(47-64)77(60-37-20-7-21-38-60)63-41-23-42-69(50-63)78-70-43-24-44-71(53-70)79-72-51-67(74(56-29-12-3-13-30-56)57-31-14-4-15-32-57)49-68(52-72)76(59-35-18-6-19-36-59)62-40-22-39-61(45-62)75(65)58-33-16-5-17-34-58/h1-53H. The predicted octanol–water partition coefficient (Wildman–Crippen LogP) is 20.9. The number of ether oxygens (including phenoxy) is 2. The van der Waals surface area contributed by atoms with Gasteiger partial charge in [-0.05, 0) is 152 Å². The molecule has 79 heavy (non-hydrogen) atoms. The average Bonchev–Trinajstić information content (AvgIpc) is 3.54. The number of fused-ring (bicyclic) bond motifs is 10. The molecule has 1 aliphatic heterocycles. The van der Waals surface area contributed by atoms with Crippen LogP contribution >= 0.6 is 0 Å². The van der Waals surface area contributed by atoms with Crippen LogP contribution in [0.15, 0.2) is 322 Å². The Morgan fingerprint density at radius 1 is 0.177 bits per heavy atom. The monoisotopic (exact) mass is 1020 g/mol. The highest BCUT2D eigenvalue weighted by Crippen LogP contribution is 2.49. The molecule has 0 spiro atoms. The van der Waals surface area contributed by atoms with E-state index in [1.165, 1.54) is 0 Å². The van der Waals surface area contributed by atoms with Gasteiger partial charge in [0.25, 0.3) is 0 Å². The molecule has 378 valence electrons. The third kappa shape index (κ3) is 10.2. The molecule has 0 amide bonds. The quantitative estimate of drug-likeness (QED) is 0.143. The van der Waals surface area contributed by atoms with E-state index < -0.39 is 0 Å². The van der Waals surface area contributed by atoms with Crippen molar-refractivity contribution in [3.05, 3.63) is 322 Å². The lowest BCUT2D eigenvalue weighted by Gasteiger charge is -2.33. The van der Waals surface area contributed by atoms with Crippen LogP contribution in [0.3, 0.4) is 0 Å². The topological polar surface area (TPSA) is 34.7 Å². The van der Waals surface area contributed by atoms with E-state index in [9.17, 15) is 0 Å². The highest BCUT2D eigenvalue weighted by atomic mass is 16.5. The molecule has 0 N–H and O–H groups in total. The zero-order valence-corrected chi connectivity index (χ0v) is 43.2. The van der Waals surface area contributed by atoms with Crippen LogP contribution in [0.1, 0.15) is 0 Å². The van der Waals surface area contributed by atoms with E-state index in [0.29, 0.717) is 23.0 Å². The van der Waals surface area contributed by atoms with Gasteiger partial charge in [0, 0.05) is 81.1 Å². The van der Waals surface area contributed by atoms with Crippen molar-refractivity contribution in [1.29, 1.82) is 0 Å². The van der Waals surface area contributed by atoms with Crippen LogP contribution in [0, 0.1) is 0 Å². The lowest BCUT2D eigenvalue weighted by Crippen LogP contribution is -2.17. The summed E-state index contributed by atoms with van der Waals surface area (Å²) in [6.07, 6.45) is 0. The Labute approximate surface area is 461 Å². The van der Waals surface area contributed by atoms with E-state index in [1.54, 1.807) is 0 Å². The molecule has 7 nitrogen and oxygen atoms in total. The minimum atomic E-state index is 0.625. The molecule has 0 fully saturated rings. The maximum Gasteiger partial charge on any atom is 0.131 e. The third-order valence-corrected chi connectivity index (χ3v) is 13.9. The molecule has 0 aromatic heterocycles. The van der Waals surface area contributed by atoms with E-state index in [2.05, 4.69) is 304 Å². The molecule has 0 saturated heterocycles. The van der Waals surface area contributed by atoms with Crippen molar-refractivity contribution in [3.63, 3.8) is 0 Å². The first-order valence-corrected chi connectivity index (χ1v) is 26.5. The number of hydrogen-bond donors (Lipinski definition) is 0. The molecule has 0 saturated carbocycles. The summed E-state index contributed by atoms with van der Waals surface area (Å²) in [6.45, 7) is 0. The molecule has 12 aromatic carbocycles. The van der Waals surface area contributed by atoms with Gasteiger partial charge in [-0.3, -0.25) is 0 Å². The van der Waals surface area contributed by atoms with Gasteiger partial charge in [-0.15, -0.1) is 0 Å². The molecule has 10 bridgehead atoms. The number of anilines is 15. The van der Waals surface area contributed by atoms with Gasteiger partial charge < -0.3 is 34.0 Å². The molecule has 7 heteroatoms. The summed E-state index contributed by atoms with van der Waals surface area (Å²) in [5.41, 5.74) is 14.5. The zero-order chi connectivity index (χ0) is 52.7. The lowest BCUT2D eigenvalue weighted by molar-refractivity contribution is 0.460. The Kier molecular flexibility index (Phi) is 13.2. The Morgan fingerprint density at radius 3 is 0.848 bits per heavy atom. The molecule has 0 atom stereocenters. The molecule has 13 rings (SSSR count). The Morgan fingerprint density at radius 2 is 0.443 bits per heavy atom. The van der Waals surface area contributed by atoms with Gasteiger partial charge in [-0.2, -0.15) is 0 Å². The maximum atomic E-state index is 7.02. The Hall–Kier alpha value is -10.8. The first-order chi connectivity index (χ1) is 39.1. The average molecular weight is 1020 g/mol. The van der Waals surface area contributed by atoms with Crippen molar-refractivity contribution < 1.29 is 9.47 Å². The van der Waals surface area contributed by atoms with Crippen LogP contribution in [0.4, 0.5) is 85.3 Å². The molecule has 1 heterocycles. The summed E-state index contributed by atoms with van der Waals surface area (Å²) in [7, 11) is 0. The minimum Gasteiger partial charge on any atom is -0.457 e. The van der Waals surface area contributed by atoms with Crippen LogP contribution in [-0.2, 0) is 0 Å². The summed E-state index contributed by atoms with van der Waals surface area (Å²) in [5, 5.41) is 0. The molecule has 1 aliphatic rings. The van der Waals surface area contributed by atoms with Crippen molar-refractivity contribution in [2.24, 2.45) is 0 Å². The van der Waals surface area contributed by atoms with E-state index in [1.807, 2.05) is 42.5 Å². The van der Waals surface area contributed by atoms with E-state index in [-0.39, 0.29) is 0 Å². The number of para-hydroxylation sites is 7. The Bertz CT molecular complexity index is 3910. The fraction of sp³-hybridized carbons (Fsp3) is 0. The van der Waals surface area contributed by atoms with Gasteiger partial charge in [0.15, 0.2) is 0 Å². The van der Waals surface area contributed by atoms with E-state index in [4.69, 9.17) is 9.47 Å². The number of rotatable bonds is 9. The minimum absolute atomic E-state index is 0.625. The van der Waals surface area contributed by atoms with Crippen LogP contribution in [0.2, 0.25) is 0 Å². The van der Waals surface area contributed by atoms with E-state index >= 15 is 0 Å². The summed E-state index contributed by atoms with van der Waals surface area (Å²) in [4.78, 5) is 11.6. The highest BCUT2D eigenvalue weighted by Gasteiger charge is 2.25. The molecular weight excluding hydrogens is 967 g/mol. The Balaban J connectivity index is 1.10. The highest BCUT2D eigenvalue weighted by molar-refractivity contribution is 5.91. The third-order valence-electron chi connectivity index (χ3n) is 13.9. The van der Waals surface area contributed by atoms with Gasteiger partial charge in [-0.1, -0.05) is 146 Å². The SMILES string of the molecule is c1ccc(N(c2ccccc2)c2cc3cc(c2)N(c2ccccc2)c2cccc(c2)N(c2ccccc2)c2cc(N(c4ccccc4)c4ccccc4)cc(c2)N(c2ccccc2)c2cccc(c2)Oc2cccc(c2)O3)cc1. The van der Waals surface area contributed by atoms with Gasteiger partial charge in [0.2, 0.25) is 0 Å². The van der Waals surface area contributed by atoms with Gasteiger partial charge >= 0.3 is 0 Å². The largest absolute Gasteiger partial charge is 0.457 e. The van der Waals surface area contributed by atoms with Crippen LogP contribution in [0.25, 0.3) is 0 Å². The lowest BCUT2D eigenvalue weighted by atomic mass is 10.1. The van der Waals surface area contributed by atoms with Crippen LogP contribution in [-0.4, -0.2) is 0 Å². The predicted molar refractivity (Wildman–Crippen MR) is 326 cm³/mol. The second-order valence-electron chi connectivity index (χ2n) is 19.1. The number of nitrogens with zero attached hydrogens (tertiary/aromatic N) is 5. The van der Waals surface area contributed by atoms with E-state index in [0.717, 1.165) is 85.3 Å². The van der Waals surface area contributed by atoms with Crippen molar-refractivity contribution in [1.82, 2.24) is 0 Å². The maximum absolute atomic E-state index is 7.02. The molecule has 0 unspecified atom stereocenters. The van der Waals surface area contributed by atoms with Crippen molar-refractivity contribution >= 4 is 85.3 Å².